The van der Waals surface area contributed by atoms with Crippen LogP contribution in [0.15, 0.2) is 64.1 Å². The molecule has 0 unspecified atom stereocenters. The SMILES string of the molecule is COC(=O)c1sc(/N=C/Nc2ccc(Br)cc2)cc1OCc1ccccc1C. The number of methoxy groups -OCH3 is 1. The molecule has 0 atom stereocenters. The van der Waals surface area contributed by atoms with Gasteiger partial charge in [-0.1, -0.05) is 40.2 Å². The van der Waals surface area contributed by atoms with Crippen LogP contribution in [0.5, 0.6) is 5.75 Å². The van der Waals surface area contributed by atoms with Crippen molar-refractivity contribution in [1.29, 1.82) is 0 Å². The Hall–Kier alpha value is -2.64. The van der Waals surface area contributed by atoms with Gasteiger partial charge in [-0.3, -0.25) is 0 Å². The van der Waals surface area contributed by atoms with Gasteiger partial charge in [0.05, 0.1) is 13.4 Å². The van der Waals surface area contributed by atoms with E-state index < -0.39 is 5.97 Å². The second kappa shape index (κ2) is 9.52. The lowest BCUT2D eigenvalue weighted by Crippen LogP contribution is -2.03. The molecule has 0 bridgehead atoms. The van der Waals surface area contributed by atoms with Gasteiger partial charge in [0.15, 0.2) is 4.88 Å². The van der Waals surface area contributed by atoms with E-state index in [0.717, 1.165) is 21.3 Å². The average Bonchev–Trinajstić information content (AvgIpc) is 3.11. The Morgan fingerprint density at radius 2 is 1.96 bits per heavy atom. The smallest absolute Gasteiger partial charge is 0.351 e. The number of aliphatic imine (C=N–C) groups is 1. The van der Waals surface area contributed by atoms with E-state index in [1.54, 1.807) is 12.4 Å². The van der Waals surface area contributed by atoms with Crippen LogP contribution in [0.25, 0.3) is 0 Å². The third-order valence-electron chi connectivity index (χ3n) is 3.97. The van der Waals surface area contributed by atoms with Crippen molar-refractivity contribution in [1.82, 2.24) is 0 Å². The molecule has 1 N–H and O–H groups in total. The molecule has 28 heavy (non-hydrogen) atoms. The highest BCUT2D eigenvalue weighted by Crippen LogP contribution is 2.36. The van der Waals surface area contributed by atoms with Crippen LogP contribution in [0.2, 0.25) is 0 Å². The number of esters is 1. The van der Waals surface area contributed by atoms with Gasteiger partial charge in [-0.2, -0.15) is 0 Å². The monoisotopic (exact) mass is 458 g/mol. The van der Waals surface area contributed by atoms with Gasteiger partial charge >= 0.3 is 5.97 Å². The number of carbonyl (C=O) groups excluding carboxylic acids is 1. The molecule has 7 heteroatoms. The summed E-state index contributed by atoms with van der Waals surface area (Å²) in [6.45, 7) is 2.39. The molecule has 0 saturated carbocycles. The number of aryl methyl sites for hydroxylation is 1. The first-order valence-electron chi connectivity index (χ1n) is 8.51. The molecule has 0 saturated heterocycles. The molecule has 1 aromatic heterocycles. The van der Waals surface area contributed by atoms with E-state index in [1.807, 2.05) is 55.5 Å². The number of hydrogen-bond donors (Lipinski definition) is 1. The molecule has 3 rings (SSSR count). The number of hydrogen-bond acceptors (Lipinski definition) is 5. The van der Waals surface area contributed by atoms with Crippen molar-refractivity contribution in [3.63, 3.8) is 0 Å². The van der Waals surface area contributed by atoms with Crippen molar-refractivity contribution >= 4 is 50.3 Å². The predicted octanol–water partition coefficient (Wildman–Crippen LogP) is 5.96. The maximum absolute atomic E-state index is 12.1. The zero-order chi connectivity index (χ0) is 19.9. The van der Waals surface area contributed by atoms with E-state index in [4.69, 9.17) is 9.47 Å². The maximum atomic E-state index is 12.1. The van der Waals surface area contributed by atoms with Crippen molar-refractivity contribution in [2.75, 3.05) is 12.4 Å². The summed E-state index contributed by atoms with van der Waals surface area (Å²) < 4.78 is 11.8. The minimum absolute atomic E-state index is 0.369. The molecular weight excluding hydrogens is 440 g/mol. The van der Waals surface area contributed by atoms with Gasteiger partial charge < -0.3 is 14.8 Å². The summed E-state index contributed by atoms with van der Waals surface area (Å²) in [6.07, 6.45) is 1.58. The number of anilines is 1. The second-order valence-electron chi connectivity index (χ2n) is 5.89. The fourth-order valence-corrected chi connectivity index (χ4v) is 3.54. The van der Waals surface area contributed by atoms with Gasteiger partial charge in [0, 0.05) is 16.2 Å². The zero-order valence-electron chi connectivity index (χ0n) is 15.4. The Morgan fingerprint density at radius 3 is 2.68 bits per heavy atom. The molecule has 0 aliphatic rings. The first-order chi connectivity index (χ1) is 13.6. The molecule has 0 spiro atoms. The standard InChI is InChI=1S/C21H19BrN2O3S/c1-14-5-3-4-6-15(14)12-27-18-11-19(28-20(18)21(25)26-2)24-13-23-17-9-7-16(22)8-10-17/h3-11,13H,12H2,1-2H3,(H,23,24). The van der Waals surface area contributed by atoms with Gasteiger partial charge in [0.2, 0.25) is 0 Å². The number of thiophene rings is 1. The zero-order valence-corrected chi connectivity index (χ0v) is 17.8. The lowest BCUT2D eigenvalue weighted by molar-refractivity contribution is 0.0601. The Kier molecular flexibility index (Phi) is 6.84. The summed E-state index contributed by atoms with van der Waals surface area (Å²) in [5.74, 6) is 0.0306. The van der Waals surface area contributed by atoms with Crippen molar-refractivity contribution in [3.8, 4) is 5.75 Å². The predicted molar refractivity (Wildman–Crippen MR) is 117 cm³/mol. The number of nitrogens with zero attached hydrogens (tertiary/aromatic N) is 1. The number of nitrogens with one attached hydrogen (secondary N) is 1. The summed E-state index contributed by atoms with van der Waals surface area (Å²) >= 11 is 4.62. The van der Waals surface area contributed by atoms with Crippen LogP contribution in [0.3, 0.4) is 0 Å². The summed E-state index contributed by atoms with van der Waals surface area (Å²) in [4.78, 5) is 16.9. The molecular formula is C21H19BrN2O3S. The summed E-state index contributed by atoms with van der Waals surface area (Å²) in [6, 6.07) is 17.5. The van der Waals surface area contributed by atoms with Gasteiger partial charge in [-0.15, -0.1) is 11.3 Å². The minimum Gasteiger partial charge on any atom is -0.487 e. The Morgan fingerprint density at radius 1 is 1.21 bits per heavy atom. The third-order valence-corrected chi connectivity index (χ3v) is 5.50. The van der Waals surface area contributed by atoms with E-state index in [1.165, 1.54) is 18.4 Å². The number of ether oxygens (including phenoxy) is 2. The van der Waals surface area contributed by atoms with Crippen LogP contribution in [-0.4, -0.2) is 19.4 Å². The van der Waals surface area contributed by atoms with Crippen LogP contribution in [0.1, 0.15) is 20.8 Å². The molecule has 144 valence electrons. The molecule has 5 nitrogen and oxygen atoms in total. The van der Waals surface area contributed by atoms with Gasteiger partial charge in [0.25, 0.3) is 0 Å². The number of rotatable bonds is 7. The Bertz CT molecular complexity index is 984. The largest absolute Gasteiger partial charge is 0.487 e. The van der Waals surface area contributed by atoms with Crippen LogP contribution in [0, 0.1) is 6.92 Å². The fraction of sp³-hybridized carbons (Fsp3) is 0.143. The first kappa shape index (κ1) is 20.1. The Balaban J connectivity index is 1.73. The molecule has 0 aliphatic heterocycles. The van der Waals surface area contributed by atoms with E-state index in [-0.39, 0.29) is 0 Å². The van der Waals surface area contributed by atoms with Gasteiger partial charge in [-0.05, 0) is 42.3 Å². The van der Waals surface area contributed by atoms with Gasteiger partial charge in [-0.25, -0.2) is 9.79 Å². The van der Waals surface area contributed by atoms with E-state index >= 15 is 0 Å². The lowest BCUT2D eigenvalue weighted by Gasteiger charge is -2.08. The van der Waals surface area contributed by atoms with Gasteiger partial charge in [0.1, 0.15) is 17.4 Å². The average molecular weight is 459 g/mol. The molecule has 1 heterocycles. The van der Waals surface area contributed by atoms with Crippen molar-refractivity contribution in [2.24, 2.45) is 4.99 Å². The lowest BCUT2D eigenvalue weighted by atomic mass is 10.1. The minimum atomic E-state index is -0.438. The summed E-state index contributed by atoms with van der Waals surface area (Å²) in [5.41, 5.74) is 3.11. The Labute approximate surface area is 176 Å². The molecule has 3 aromatic rings. The van der Waals surface area contributed by atoms with E-state index in [9.17, 15) is 4.79 Å². The highest BCUT2D eigenvalue weighted by molar-refractivity contribution is 9.10. The third kappa shape index (κ3) is 5.21. The van der Waals surface area contributed by atoms with E-state index in [0.29, 0.717) is 22.2 Å². The highest BCUT2D eigenvalue weighted by Gasteiger charge is 2.18. The normalized spacial score (nSPS) is 10.8. The highest BCUT2D eigenvalue weighted by atomic mass is 79.9. The second-order valence-corrected chi connectivity index (χ2v) is 7.84. The number of halogens is 1. The van der Waals surface area contributed by atoms with Crippen LogP contribution in [-0.2, 0) is 11.3 Å². The first-order valence-corrected chi connectivity index (χ1v) is 10.1. The molecule has 0 fully saturated rings. The molecule has 0 amide bonds. The molecule has 2 aromatic carbocycles. The van der Waals surface area contributed by atoms with Crippen molar-refractivity contribution in [2.45, 2.75) is 13.5 Å². The van der Waals surface area contributed by atoms with E-state index in [2.05, 4.69) is 26.2 Å². The quantitative estimate of drug-likeness (QED) is 0.269. The summed E-state index contributed by atoms with van der Waals surface area (Å²) in [7, 11) is 1.35. The van der Waals surface area contributed by atoms with Crippen LogP contribution < -0.4 is 10.1 Å². The van der Waals surface area contributed by atoms with Crippen molar-refractivity contribution in [3.05, 3.63) is 75.1 Å². The maximum Gasteiger partial charge on any atom is 0.351 e. The topological polar surface area (TPSA) is 59.9 Å². The number of benzene rings is 2. The van der Waals surface area contributed by atoms with Crippen LogP contribution >= 0.6 is 27.3 Å². The fourth-order valence-electron chi connectivity index (χ4n) is 2.41. The molecule has 0 radical (unpaired) electrons. The van der Waals surface area contributed by atoms with Crippen molar-refractivity contribution < 1.29 is 14.3 Å². The number of carbonyl (C=O) groups is 1. The molecule has 0 aliphatic carbocycles. The van der Waals surface area contributed by atoms with Crippen LogP contribution in [0.4, 0.5) is 10.7 Å². The summed E-state index contributed by atoms with van der Waals surface area (Å²) in [5, 5.41) is 3.74.